The van der Waals surface area contributed by atoms with Gasteiger partial charge in [-0.2, -0.15) is 0 Å². The molecule has 9 heavy (non-hydrogen) atoms. The molecule has 0 aliphatic carbocycles. The van der Waals surface area contributed by atoms with E-state index in [2.05, 4.69) is 16.4 Å². The van der Waals surface area contributed by atoms with Crippen LogP contribution in [-0.4, -0.2) is 4.98 Å². The predicted octanol–water partition coefficient (Wildman–Crippen LogP) is 1.09. The third kappa shape index (κ3) is 0.633. The van der Waals surface area contributed by atoms with Crippen molar-refractivity contribution in [3.05, 3.63) is 29.7 Å². The van der Waals surface area contributed by atoms with Crippen molar-refractivity contribution in [3.8, 4) is 0 Å². The third-order valence-electron chi connectivity index (χ3n) is 1.53. The Labute approximate surface area is 53.6 Å². The maximum absolute atomic E-state index is 3.13. The van der Waals surface area contributed by atoms with E-state index in [1.54, 1.807) is 0 Å². The molecule has 1 aromatic heterocycles. The van der Waals surface area contributed by atoms with Crippen LogP contribution < -0.4 is 5.32 Å². The first kappa shape index (κ1) is 4.68. The summed E-state index contributed by atoms with van der Waals surface area (Å²) in [7, 11) is 0. The Balaban J connectivity index is 2.53. The number of fused-ring (bicyclic) bond motifs is 1. The Morgan fingerprint density at radius 2 is 2.44 bits per heavy atom. The van der Waals surface area contributed by atoms with Gasteiger partial charge in [0.05, 0.1) is 0 Å². The minimum absolute atomic E-state index is 0.954. The second-order valence-corrected chi connectivity index (χ2v) is 2.13. The predicted molar refractivity (Wildman–Crippen MR) is 36.7 cm³/mol. The average Bonchev–Trinajstić information content (AvgIpc) is 2.33. The Hall–Kier alpha value is -1.18. The Kier molecular flexibility index (Phi) is 0.859. The van der Waals surface area contributed by atoms with Crippen molar-refractivity contribution in [1.29, 1.82) is 0 Å². The number of H-pyrrole nitrogens is 1. The molecule has 1 aliphatic heterocycles. The molecule has 0 saturated heterocycles. The van der Waals surface area contributed by atoms with Crippen LogP contribution in [0.2, 0.25) is 0 Å². The van der Waals surface area contributed by atoms with Crippen molar-refractivity contribution in [2.75, 3.05) is 0 Å². The summed E-state index contributed by atoms with van der Waals surface area (Å²) in [4.78, 5) is 3.13. The molecule has 0 amide bonds. The van der Waals surface area contributed by atoms with Crippen molar-refractivity contribution in [1.82, 2.24) is 10.3 Å². The lowest BCUT2D eigenvalue weighted by Gasteiger charge is -2.05. The van der Waals surface area contributed by atoms with Crippen LogP contribution in [0.25, 0.3) is 6.08 Å². The molecule has 0 spiro atoms. The number of aromatic amines is 1. The first-order valence-electron chi connectivity index (χ1n) is 3.03. The fourth-order valence-corrected chi connectivity index (χ4v) is 1.03. The summed E-state index contributed by atoms with van der Waals surface area (Å²) in [5, 5.41) is 3.13. The van der Waals surface area contributed by atoms with Crippen molar-refractivity contribution < 1.29 is 0 Å². The fraction of sp³-hybridized carbons (Fsp3) is 0.143. The summed E-state index contributed by atoms with van der Waals surface area (Å²) in [6.45, 7) is 0.954. The lowest BCUT2D eigenvalue weighted by atomic mass is 10.2. The molecular weight excluding hydrogens is 112 g/mol. The summed E-state index contributed by atoms with van der Waals surface area (Å²) < 4.78 is 0. The normalized spacial score (nSPS) is 14.7. The summed E-state index contributed by atoms with van der Waals surface area (Å²) in [5.74, 6) is 0. The maximum Gasteiger partial charge on any atom is 0.0445 e. The van der Waals surface area contributed by atoms with Gasteiger partial charge in [-0.15, -0.1) is 0 Å². The molecule has 0 unspecified atom stereocenters. The van der Waals surface area contributed by atoms with Crippen molar-refractivity contribution in [3.63, 3.8) is 0 Å². The van der Waals surface area contributed by atoms with Crippen LogP contribution >= 0.6 is 0 Å². The van der Waals surface area contributed by atoms with Gasteiger partial charge in [0, 0.05) is 18.4 Å². The summed E-state index contributed by atoms with van der Waals surface area (Å²) in [6, 6.07) is 2.09. The van der Waals surface area contributed by atoms with Gasteiger partial charge < -0.3 is 10.3 Å². The minimum Gasteiger partial charge on any atom is -0.387 e. The van der Waals surface area contributed by atoms with Gasteiger partial charge in [0.1, 0.15) is 0 Å². The second kappa shape index (κ2) is 1.65. The SMILES string of the molecule is C1=Cc2[nH]ccc2CN1. The molecule has 1 aromatic rings. The number of hydrogen-bond donors (Lipinski definition) is 2. The van der Waals surface area contributed by atoms with E-state index >= 15 is 0 Å². The van der Waals surface area contributed by atoms with Gasteiger partial charge >= 0.3 is 0 Å². The highest BCUT2D eigenvalue weighted by molar-refractivity contribution is 5.51. The number of rotatable bonds is 0. The van der Waals surface area contributed by atoms with Gasteiger partial charge in [-0.05, 0) is 23.9 Å². The van der Waals surface area contributed by atoms with E-state index in [1.165, 1.54) is 11.3 Å². The quantitative estimate of drug-likeness (QED) is 0.527. The first-order valence-corrected chi connectivity index (χ1v) is 3.03. The number of hydrogen-bond acceptors (Lipinski definition) is 1. The number of nitrogens with one attached hydrogen (secondary N) is 2. The highest BCUT2D eigenvalue weighted by Gasteiger charge is 2.01. The van der Waals surface area contributed by atoms with Gasteiger partial charge in [0.15, 0.2) is 0 Å². The standard InChI is InChI=1S/C7H8N2/c1-4-9-7-2-3-8-5-6(1)7/h1-4,8-9H,5H2. The fourth-order valence-electron chi connectivity index (χ4n) is 1.03. The summed E-state index contributed by atoms with van der Waals surface area (Å²) >= 11 is 0. The smallest absolute Gasteiger partial charge is 0.0445 e. The molecule has 46 valence electrons. The topological polar surface area (TPSA) is 27.8 Å². The van der Waals surface area contributed by atoms with Crippen LogP contribution in [0, 0.1) is 0 Å². The molecule has 0 saturated carbocycles. The van der Waals surface area contributed by atoms with Crippen LogP contribution in [0.1, 0.15) is 11.3 Å². The molecule has 0 aromatic carbocycles. The highest BCUT2D eigenvalue weighted by atomic mass is 14.9. The van der Waals surface area contributed by atoms with Crippen LogP contribution in [0.3, 0.4) is 0 Å². The highest BCUT2D eigenvalue weighted by Crippen LogP contribution is 2.10. The molecule has 2 heteroatoms. The van der Waals surface area contributed by atoms with Crippen LogP contribution in [-0.2, 0) is 6.54 Å². The lowest BCUT2D eigenvalue weighted by molar-refractivity contribution is 0.859. The van der Waals surface area contributed by atoms with Gasteiger partial charge in [0.2, 0.25) is 0 Å². The Bertz CT molecular complexity index is 235. The first-order chi connectivity index (χ1) is 4.47. The monoisotopic (exact) mass is 120 g/mol. The van der Waals surface area contributed by atoms with Gasteiger partial charge in [-0.3, -0.25) is 0 Å². The van der Waals surface area contributed by atoms with E-state index in [0.717, 1.165) is 6.54 Å². The molecule has 1 aliphatic rings. The molecule has 2 N–H and O–H groups in total. The van der Waals surface area contributed by atoms with E-state index < -0.39 is 0 Å². The zero-order chi connectivity index (χ0) is 6.10. The lowest BCUT2D eigenvalue weighted by Crippen LogP contribution is -2.08. The molecular formula is C7H8N2. The van der Waals surface area contributed by atoms with Gasteiger partial charge in [-0.25, -0.2) is 0 Å². The summed E-state index contributed by atoms with van der Waals surface area (Å²) in [6.07, 6.45) is 5.96. The zero-order valence-electron chi connectivity index (χ0n) is 5.02. The van der Waals surface area contributed by atoms with E-state index in [-0.39, 0.29) is 0 Å². The molecule has 0 radical (unpaired) electrons. The van der Waals surface area contributed by atoms with Crippen molar-refractivity contribution in [2.24, 2.45) is 0 Å². The average molecular weight is 120 g/mol. The third-order valence-corrected chi connectivity index (χ3v) is 1.53. The van der Waals surface area contributed by atoms with E-state index in [9.17, 15) is 0 Å². The van der Waals surface area contributed by atoms with Gasteiger partial charge in [-0.1, -0.05) is 0 Å². The van der Waals surface area contributed by atoms with Crippen molar-refractivity contribution >= 4 is 6.08 Å². The van der Waals surface area contributed by atoms with E-state index in [0.29, 0.717) is 0 Å². The number of aromatic nitrogens is 1. The van der Waals surface area contributed by atoms with E-state index in [1.807, 2.05) is 18.5 Å². The van der Waals surface area contributed by atoms with Crippen LogP contribution in [0.15, 0.2) is 18.5 Å². The minimum atomic E-state index is 0.954. The molecule has 0 fully saturated rings. The largest absolute Gasteiger partial charge is 0.387 e. The Morgan fingerprint density at radius 1 is 1.44 bits per heavy atom. The summed E-state index contributed by atoms with van der Waals surface area (Å²) in [5.41, 5.74) is 2.58. The van der Waals surface area contributed by atoms with E-state index in [4.69, 9.17) is 0 Å². The maximum atomic E-state index is 3.13. The second-order valence-electron chi connectivity index (χ2n) is 2.13. The van der Waals surface area contributed by atoms with Crippen LogP contribution in [0.4, 0.5) is 0 Å². The molecule has 2 heterocycles. The Morgan fingerprint density at radius 3 is 3.33 bits per heavy atom. The molecule has 0 bridgehead atoms. The van der Waals surface area contributed by atoms with Crippen LogP contribution in [0.5, 0.6) is 0 Å². The molecule has 2 rings (SSSR count). The van der Waals surface area contributed by atoms with Gasteiger partial charge in [0.25, 0.3) is 0 Å². The molecule has 0 atom stereocenters. The van der Waals surface area contributed by atoms with Crippen molar-refractivity contribution in [2.45, 2.75) is 6.54 Å². The molecule has 2 nitrogen and oxygen atoms in total. The zero-order valence-corrected chi connectivity index (χ0v) is 5.02.